The molecule has 6 nitrogen and oxygen atoms in total. The van der Waals surface area contributed by atoms with Crippen LogP contribution in [0.25, 0.3) is 21.8 Å². The fourth-order valence-corrected chi connectivity index (χ4v) is 3.62. The molecule has 2 heterocycles. The highest BCUT2D eigenvalue weighted by atomic mass is 79.9. The maximum Gasteiger partial charge on any atom is 0.354 e. The number of nitrogens with zero attached hydrogens (tertiary/aromatic N) is 2. The summed E-state index contributed by atoms with van der Waals surface area (Å²) in [6.45, 7) is 0.435. The molecule has 28 heavy (non-hydrogen) atoms. The summed E-state index contributed by atoms with van der Waals surface area (Å²) >= 11 is 3.47. The van der Waals surface area contributed by atoms with Crippen molar-refractivity contribution in [2.75, 3.05) is 6.61 Å². The van der Waals surface area contributed by atoms with Crippen LogP contribution in [0.2, 0.25) is 0 Å². The van der Waals surface area contributed by atoms with Gasteiger partial charge in [-0.15, -0.1) is 0 Å². The van der Waals surface area contributed by atoms with E-state index < -0.39 is 12.1 Å². The minimum absolute atomic E-state index is 0.0144. The van der Waals surface area contributed by atoms with Gasteiger partial charge in [-0.2, -0.15) is 0 Å². The number of pyridine rings is 1. The van der Waals surface area contributed by atoms with E-state index >= 15 is 0 Å². The first-order valence-corrected chi connectivity index (χ1v) is 9.49. The number of hydrogen-bond donors (Lipinski definition) is 2. The molecule has 1 unspecified atom stereocenters. The lowest BCUT2D eigenvalue weighted by atomic mass is 10.1. The monoisotopic (exact) mass is 440 g/mol. The zero-order valence-electron chi connectivity index (χ0n) is 14.7. The molecular formula is C21H17BrN2O4. The third-order valence-corrected chi connectivity index (χ3v) is 5.00. The van der Waals surface area contributed by atoms with Crippen LogP contribution in [0.15, 0.2) is 65.3 Å². The van der Waals surface area contributed by atoms with Crippen molar-refractivity contribution >= 4 is 43.7 Å². The Hall–Kier alpha value is -2.90. The lowest BCUT2D eigenvalue weighted by molar-refractivity contribution is 0.0690. The number of aliphatic hydroxyl groups is 1. The molecule has 0 aliphatic heterocycles. The summed E-state index contributed by atoms with van der Waals surface area (Å²) < 4.78 is 8.47. The Labute approximate surface area is 169 Å². The number of aromatic nitrogens is 2. The van der Waals surface area contributed by atoms with Gasteiger partial charge in [0, 0.05) is 20.8 Å². The molecule has 0 bridgehead atoms. The molecule has 0 aliphatic carbocycles. The molecule has 0 aliphatic rings. The number of halogens is 1. The number of rotatable bonds is 6. The van der Waals surface area contributed by atoms with Crippen LogP contribution in [-0.4, -0.2) is 38.4 Å². The van der Waals surface area contributed by atoms with Gasteiger partial charge in [0.15, 0.2) is 0 Å². The van der Waals surface area contributed by atoms with Crippen molar-refractivity contribution in [3.63, 3.8) is 0 Å². The number of hydrogen-bond acceptors (Lipinski definition) is 4. The van der Waals surface area contributed by atoms with Crippen LogP contribution in [0.1, 0.15) is 10.5 Å². The van der Waals surface area contributed by atoms with Gasteiger partial charge < -0.3 is 19.5 Å². The number of carboxylic acid groups (broad SMARTS) is 1. The molecule has 4 rings (SSSR count). The van der Waals surface area contributed by atoms with Crippen molar-refractivity contribution in [3.8, 4) is 5.75 Å². The number of para-hydroxylation sites is 1. The SMILES string of the molecule is O=C(O)c1cc2c3cc(Br)ccc3n(CC(O)COc3ccccc3)c2cn1. The maximum absolute atomic E-state index is 11.3. The Morgan fingerprint density at radius 1 is 1.11 bits per heavy atom. The van der Waals surface area contributed by atoms with E-state index in [0.717, 1.165) is 26.3 Å². The lowest BCUT2D eigenvalue weighted by Gasteiger charge is -2.15. The molecule has 0 saturated carbocycles. The Kier molecular flexibility index (Phi) is 5.02. The Balaban J connectivity index is 1.69. The van der Waals surface area contributed by atoms with Crippen LogP contribution < -0.4 is 4.74 Å². The highest BCUT2D eigenvalue weighted by molar-refractivity contribution is 9.10. The molecule has 2 N–H and O–H groups in total. The van der Waals surface area contributed by atoms with E-state index in [2.05, 4.69) is 20.9 Å². The smallest absolute Gasteiger partial charge is 0.354 e. The zero-order valence-corrected chi connectivity index (χ0v) is 16.3. The van der Waals surface area contributed by atoms with Gasteiger partial charge >= 0.3 is 5.97 Å². The van der Waals surface area contributed by atoms with Crippen LogP contribution in [0.5, 0.6) is 5.75 Å². The molecule has 0 saturated heterocycles. The number of aromatic carboxylic acids is 1. The van der Waals surface area contributed by atoms with Crippen molar-refractivity contribution < 1.29 is 19.7 Å². The standard InChI is InChI=1S/C21H17BrN2O4/c22-13-6-7-19-16(8-13)17-9-18(21(26)27)23-10-20(17)24(19)11-14(25)12-28-15-4-2-1-3-5-15/h1-10,14,25H,11-12H2,(H,26,27). The summed E-state index contributed by atoms with van der Waals surface area (Å²) in [4.78, 5) is 15.4. The van der Waals surface area contributed by atoms with Gasteiger partial charge in [-0.25, -0.2) is 9.78 Å². The summed E-state index contributed by atoms with van der Waals surface area (Å²) in [6.07, 6.45) is 0.791. The van der Waals surface area contributed by atoms with E-state index in [0.29, 0.717) is 12.3 Å². The first-order chi connectivity index (χ1) is 13.5. The first kappa shape index (κ1) is 18.5. The largest absolute Gasteiger partial charge is 0.491 e. The van der Waals surface area contributed by atoms with Gasteiger partial charge in [-0.1, -0.05) is 34.1 Å². The van der Waals surface area contributed by atoms with E-state index in [4.69, 9.17) is 4.74 Å². The molecular weight excluding hydrogens is 424 g/mol. The Bertz CT molecular complexity index is 1160. The minimum Gasteiger partial charge on any atom is -0.491 e. The minimum atomic E-state index is -1.07. The van der Waals surface area contributed by atoms with E-state index in [1.165, 1.54) is 6.20 Å². The molecule has 0 fully saturated rings. The number of carboxylic acids is 1. The van der Waals surface area contributed by atoms with E-state index in [1.807, 2.05) is 53.1 Å². The van der Waals surface area contributed by atoms with Crippen LogP contribution in [-0.2, 0) is 6.54 Å². The quantitative estimate of drug-likeness (QED) is 0.471. The number of ether oxygens (including phenoxy) is 1. The summed E-state index contributed by atoms with van der Waals surface area (Å²) in [5, 5.41) is 21.5. The van der Waals surface area contributed by atoms with Gasteiger partial charge in [0.25, 0.3) is 0 Å². The number of aliphatic hydroxyl groups excluding tert-OH is 1. The second-order valence-corrected chi connectivity index (χ2v) is 7.36. The molecule has 7 heteroatoms. The summed E-state index contributed by atoms with van der Waals surface area (Å²) in [5.74, 6) is -0.380. The number of fused-ring (bicyclic) bond motifs is 3. The topological polar surface area (TPSA) is 84.6 Å². The second kappa shape index (κ2) is 7.61. The van der Waals surface area contributed by atoms with Gasteiger partial charge in [-0.3, -0.25) is 0 Å². The number of carbonyl (C=O) groups is 1. The van der Waals surface area contributed by atoms with Gasteiger partial charge in [0.1, 0.15) is 24.2 Å². The first-order valence-electron chi connectivity index (χ1n) is 8.69. The lowest BCUT2D eigenvalue weighted by Crippen LogP contribution is -2.23. The van der Waals surface area contributed by atoms with E-state index in [-0.39, 0.29) is 12.3 Å². The third-order valence-electron chi connectivity index (χ3n) is 4.51. The van der Waals surface area contributed by atoms with Crippen LogP contribution in [0.4, 0.5) is 0 Å². The van der Waals surface area contributed by atoms with Crippen molar-refractivity contribution in [1.82, 2.24) is 9.55 Å². The van der Waals surface area contributed by atoms with Crippen LogP contribution >= 0.6 is 15.9 Å². The maximum atomic E-state index is 11.3. The molecule has 1 atom stereocenters. The molecule has 4 aromatic rings. The predicted octanol–water partition coefficient (Wildman–Crippen LogP) is 4.09. The predicted molar refractivity (Wildman–Crippen MR) is 110 cm³/mol. The third kappa shape index (κ3) is 3.58. The Morgan fingerprint density at radius 2 is 1.86 bits per heavy atom. The van der Waals surface area contributed by atoms with Gasteiger partial charge in [-0.05, 0) is 36.4 Å². The fraction of sp³-hybridized carbons (Fsp3) is 0.143. The Morgan fingerprint density at radius 3 is 2.61 bits per heavy atom. The zero-order chi connectivity index (χ0) is 19.7. The highest BCUT2D eigenvalue weighted by Gasteiger charge is 2.17. The summed E-state index contributed by atoms with van der Waals surface area (Å²) in [5.41, 5.74) is 1.64. The fourth-order valence-electron chi connectivity index (χ4n) is 3.25. The molecule has 0 radical (unpaired) electrons. The van der Waals surface area contributed by atoms with Gasteiger partial charge in [0.2, 0.25) is 0 Å². The average Bonchev–Trinajstić information content (AvgIpc) is 2.99. The highest BCUT2D eigenvalue weighted by Crippen LogP contribution is 2.31. The normalized spacial score (nSPS) is 12.4. The summed E-state index contributed by atoms with van der Waals surface area (Å²) in [7, 11) is 0. The van der Waals surface area contributed by atoms with E-state index in [1.54, 1.807) is 6.07 Å². The molecule has 2 aromatic heterocycles. The van der Waals surface area contributed by atoms with E-state index in [9.17, 15) is 15.0 Å². The van der Waals surface area contributed by atoms with Gasteiger partial charge in [0.05, 0.1) is 18.3 Å². The van der Waals surface area contributed by atoms with Crippen LogP contribution in [0, 0.1) is 0 Å². The van der Waals surface area contributed by atoms with Crippen molar-refractivity contribution in [1.29, 1.82) is 0 Å². The summed E-state index contributed by atoms with van der Waals surface area (Å²) in [6, 6.07) is 16.7. The molecule has 0 amide bonds. The number of benzene rings is 2. The van der Waals surface area contributed by atoms with Crippen molar-refractivity contribution in [2.45, 2.75) is 12.6 Å². The van der Waals surface area contributed by atoms with Crippen molar-refractivity contribution in [2.24, 2.45) is 0 Å². The van der Waals surface area contributed by atoms with Crippen LogP contribution in [0.3, 0.4) is 0 Å². The van der Waals surface area contributed by atoms with Crippen molar-refractivity contribution in [3.05, 3.63) is 71.0 Å². The molecule has 2 aromatic carbocycles. The molecule has 0 spiro atoms. The average molecular weight is 441 g/mol. The molecule has 142 valence electrons. The second-order valence-electron chi connectivity index (χ2n) is 6.44.